The number of hydrogen-bond acceptors (Lipinski definition) is 3. The summed E-state index contributed by atoms with van der Waals surface area (Å²) in [5, 5.41) is 11.4. The van der Waals surface area contributed by atoms with E-state index in [2.05, 4.69) is 5.32 Å². The van der Waals surface area contributed by atoms with Crippen molar-refractivity contribution in [2.24, 2.45) is 5.92 Å². The first-order chi connectivity index (χ1) is 13.1. The van der Waals surface area contributed by atoms with Gasteiger partial charge in [0.1, 0.15) is 17.2 Å². The second kappa shape index (κ2) is 7.14. The molecule has 2 aromatic carbocycles. The van der Waals surface area contributed by atoms with E-state index in [9.17, 15) is 23.2 Å². The molecule has 2 N–H and O–H groups in total. The predicted molar refractivity (Wildman–Crippen MR) is 97.2 cm³/mol. The number of hydrogen-bond donors (Lipinski definition) is 2. The van der Waals surface area contributed by atoms with Gasteiger partial charge in [-0.1, -0.05) is 30.3 Å². The standard InChI is InChI=1S/C21H19F2NO4/c1-21(2,24-19(26)17-15(22)4-3-5-16(17)23)18(25)12-8-6-11(7-9-12)13-10-14(13)20(27)28/h3-9,13-14H,10H2,1-2H3,(H,24,26)(H,27,28)/t13-,14?/m1/s1. The van der Waals surface area contributed by atoms with Crippen molar-refractivity contribution in [1.29, 1.82) is 0 Å². The molecule has 7 heteroatoms. The van der Waals surface area contributed by atoms with Gasteiger partial charge >= 0.3 is 5.97 Å². The normalized spacial score (nSPS) is 18.4. The van der Waals surface area contributed by atoms with Crippen LogP contribution in [-0.4, -0.2) is 28.3 Å². The monoisotopic (exact) mass is 387 g/mol. The molecule has 5 nitrogen and oxygen atoms in total. The van der Waals surface area contributed by atoms with Gasteiger partial charge in [-0.05, 0) is 43.9 Å². The van der Waals surface area contributed by atoms with E-state index in [0.29, 0.717) is 12.0 Å². The number of nitrogens with one attached hydrogen (secondary N) is 1. The van der Waals surface area contributed by atoms with Crippen LogP contribution in [0.15, 0.2) is 42.5 Å². The zero-order valence-electron chi connectivity index (χ0n) is 15.3. The summed E-state index contributed by atoms with van der Waals surface area (Å²) >= 11 is 0. The minimum Gasteiger partial charge on any atom is -0.481 e. The van der Waals surface area contributed by atoms with Crippen LogP contribution in [-0.2, 0) is 4.79 Å². The molecule has 1 aliphatic rings. The molecule has 28 heavy (non-hydrogen) atoms. The molecular weight excluding hydrogens is 368 g/mol. The molecule has 1 amide bonds. The Hall–Kier alpha value is -3.09. The molecule has 1 unspecified atom stereocenters. The highest BCUT2D eigenvalue weighted by Crippen LogP contribution is 2.47. The minimum atomic E-state index is -1.41. The van der Waals surface area contributed by atoms with Gasteiger partial charge in [0.25, 0.3) is 5.91 Å². The molecule has 1 aliphatic carbocycles. The summed E-state index contributed by atoms with van der Waals surface area (Å²) in [7, 11) is 0. The SMILES string of the molecule is CC(C)(NC(=O)c1c(F)cccc1F)C(=O)c1ccc([C@H]2CC2C(=O)O)cc1. The molecule has 0 saturated heterocycles. The first-order valence-electron chi connectivity index (χ1n) is 8.76. The van der Waals surface area contributed by atoms with E-state index in [1.165, 1.54) is 13.8 Å². The highest BCUT2D eigenvalue weighted by atomic mass is 19.1. The number of rotatable bonds is 6. The summed E-state index contributed by atoms with van der Waals surface area (Å²) < 4.78 is 27.6. The number of carboxylic acids is 1. The third-order valence-electron chi connectivity index (χ3n) is 4.89. The smallest absolute Gasteiger partial charge is 0.307 e. The molecule has 0 spiro atoms. The van der Waals surface area contributed by atoms with E-state index in [-0.39, 0.29) is 5.92 Å². The van der Waals surface area contributed by atoms with E-state index in [4.69, 9.17) is 5.11 Å². The number of ketones is 1. The summed E-state index contributed by atoms with van der Waals surface area (Å²) in [6.07, 6.45) is 0.568. The lowest BCUT2D eigenvalue weighted by atomic mass is 9.91. The quantitative estimate of drug-likeness (QED) is 0.743. The molecule has 0 heterocycles. The number of Topliss-reactive ketones (excluding diaryl/α,β-unsaturated/α-hetero) is 1. The zero-order chi connectivity index (χ0) is 20.6. The number of carbonyl (C=O) groups excluding carboxylic acids is 2. The highest BCUT2D eigenvalue weighted by molar-refractivity contribution is 6.06. The van der Waals surface area contributed by atoms with Crippen molar-refractivity contribution in [2.75, 3.05) is 0 Å². The van der Waals surface area contributed by atoms with Gasteiger partial charge in [-0.2, -0.15) is 0 Å². The molecular formula is C21H19F2NO4. The molecule has 2 atom stereocenters. The average Bonchev–Trinajstić information content (AvgIpc) is 3.41. The van der Waals surface area contributed by atoms with Crippen LogP contribution in [0, 0.1) is 17.6 Å². The second-order valence-corrected chi connectivity index (χ2v) is 7.41. The lowest BCUT2D eigenvalue weighted by Crippen LogP contribution is -2.50. The Morgan fingerprint density at radius 1 is 1.04 bits per heavy atom. The Balaban J connectivity index is 1.74. The fourth-order valence-electron chi connectivity index (χ4n) is 3.20. The topological polar surface area (TPSA) is 83.5 Å². The van der Waals surface area contributed by atoms with E-state index < -0.39 is 46.3 Å². The third kappa shape index (κ3) is 3.78. The Morgan fingerprint density at radius 3 is 2.11 bits per heavy atom. The van der Waals surface area contributed by atoms with Gasteiger partial charge < -0.3 is 10.4 Å². The number of halogens is 2. The second-order valence-electron chi connectivity index (χ2n) is 7.41. The molecule has 1 fully saturated rings. The minimum absolute atomic E-state index is 0.0570. The van der Waals surface area contributed by atoms with Gasteiger partial charge in [-0.25, -0.2) is 8.78 Å². The molecule has 0 radical (unpaired) electrons. The van der Waals surface area contributed by atoms with Crippen LogP contribution < -0.4 is 5.32 Å². The van der Waals surface area contributed by atoms with Crippen LogP contribution in [0.2, 0.25) is 0 Å². The summed E-state index contributed by atoms with van der Waals surface area (Å²) in [4.78, 5) is 36.0. The maximum atomic E-state index is 13.8. The number of amides is 1. The third-order valence-corrected chi connectivity index (χ3v) is 4.89. The molecule has 1 saturated carbocycles. The molecule has 0 aromatic heterocycles. The Morgan fingerprint density at radius 2 is 1.61 bits per heavy atom. The summed E-state index contributed by atoms with van der Waals surface area (Å²) in [5.41, 5.74) is -1.02. The summed E-state index contributed by atoms with van der Waals surface area (Å²) in [5.74, 6) is -4.77. The first kappa shape index (κ1) is 19.7. The van der Waals surface area contributed by atoms with Crippen LogP contribution in [0.3, 0.4) is 0 Å². The van der Waals surface area contributed by atoms with Crippen LogP contribution in [0.25, 0.3) is 0 Å². The maximum absolute atomic E-state index is 13.8. The van der Waals surface area contributed by atoms with Crippen LogP contribution in [0.5, 0.6) is 0 Å². The largest absolute Gasteiger partial charge is 0.481 e. The van der Waals surface area contributed by atoms with E-state index in [0.717, 1.165) is 23.8 Å². The molecule has 0 bridgehead atoms. The lowest BCUT2D eigenvalue weighted by Gasteiger charge is -2.25. The highest BCUT2D eigenvalue weighted by Gasteiger charge is 2.44. The number of benzene rings is 2. The predicted octanol–water partition coefficient (Wildman–Crippen LogP) is 3.54. The van der Waals surface area contributed by atoms with Crippen molar-refractivity contribution in [3.8, 4) is 0 Å². The average molecular weight is 387 g/mol. The molecule has 0 aliphatic heterocycles. The molecule has 2 aromatic rings. The number of aliphatic carboxylic acids is 1. The Bertz CT molecular complexity index is 933. The summed E-state index contributed by atoms with van der Waals surface area (Å²) in [6.45, 7) is 2.89. The van der Waals surface area contributed by atoms with Crippen LogP contribution in [0.1, 0.15) is 52.5 Å². The van der Waals surface area contributed by atoms with Gasteiger partial charge in [0, 0.05) is 5.56 Å². The number of carbonyl (C=O) groups is 3. The van der Waals surface area contributed by atoms with Crippen molar-refractivity contribution in [3.05, 3.63) is 70.8 Å². The van der Waals surface area contributed by atoms with Crippen LogP contribution >= 0.6 is 0 Å². The van der Waals surface area contributed by atoms with Crippen molar-refractivity contribution >= 4 is 17.7 Å². The molecule has 146 valence electrons. The van der Waals surface area contributed by atoms with E-state index in [1.54, 1.807) is 24.3 Å². The van der Waals surface area contributed by atoms with Gasteiger partial charge in [-0.3, -0.25) is 14.4 Å². The summed E-state index contributed by atoms with van der Waals surface area (Å²) in [6, 6.07) is 9.58. The molecule has 3 rings (SSSR count). The maximum Gasteiger partial charge on any atom is 0.307 e. The van der Waals surface area contributed by atoms with Gasteiger partial charge in [0.05, 0.1) is 11.5 Å². The van der Waals surface area contributed by atoms with Crippen molar-refractivity contribution in [2.45, 2.75) is 31.7 Å². The van der Waals surface area contributed by atoms with Crippen molar-refractivity contribution in [3.63, 3.8) is 0 Å². The van der Waals surface area contributed by atoms with Crippen molar-refractivity contribution in [1.82, 2.24) is 5.32 Å². The fraction of sp³-hybridized carbons (Fsp3) is 0.286. The lowest BCUT2D eigenvalue weighted by molar-refractivity contribution is -0.138. The van der Waals surface area contributed by atoms with Crippen LogP contribution in [0.4, 0.5) is 8.78 Å². The van der Waals surface area contributed by atoms with Gasteiger partial charge in [0.2, 0.25) is 0 Å². The number of carboxylic acid groups (broad SMARTS) is 1. The Kier molecular flexibility index (Phi) is 5.02. The van der Waals surface area contributed by atoms with Crippen molar-refractivity contribution < 1.29 is 28.3 Å². The first-order valence-corrected chi connectivity index (χ1v) is 8.76. The fourth-order valence-corrected chi connectivity index (χ4v) is 3.20. The van der Waals surface area contributed by atoms with E-state index in [1.807, 2.05) is 0 Å². The van der Waals surface area contributed by atoms with Gasteiger partial charge in [0.15, 0.2) is 5.78 Å². The Labute approximate surface area is 160 Å². The van der Waals surface area contributed by atoms with E-state index >= 15 is 0 Å². The van der Waals surface area contributed by atoms with Gasteiger partial charge in [-0.15, -0.1) is 0 Å². The zero-order valence-corrected chi connectivity index (χ0v) is 15.3.